The van der Waals surface area contributed by atoms with Crippen LogP contribution in [0.3, 0.4) is 0 Å². The molecule has 1 aromatic rings. The molecule has 0 amide bonds. The summed E-state index contributed by atoms with van der Waals surface area (Å²) in [5, 5.41) is 7.30. The average Bonchev–Trinajstić information content (AvgIpc) is 2.68. The van der Waals surface area contributed by atoms with Crippen molar-refractivity contribution in [3.05, 3.63) is 35.4 Å². The van der Waals surface area contributed by atoms with Gasteiger partial charge in [-0.05, 0) is 36.8 Å². The number of nitrogens with one attached hydrogen (secondary N) is 2. The molecule has 2 aliphatic rings. The minimum absolute atomic E-state index is 0.489. The Morgan fingerprint density at radius 3 is 2.36 bits per heavy atom. The molecule has 0 aromatic heterocycles. The highest BCUT2D eigenvalue weighted by Crippen LogP contribution is 2.21. The third kappa shape index (κ3) is 6.03. The molecule has 2 aliphatic carbocycles. The first-order chi connectivity index (χ1) is 12.3. The van der Waals surface area contributed by atoms with E-state index in [9.17, 15) is 0 Å². The van der Waals surface area contributed by atoms with Crippen molar-refractivity contribution in [3.63, 3.8) is 0 Å². The highest BCUT2D eigenvalue weighted by Gasteiger charge is 2.17. The molecule has 0 heterocycles. The Bertz CT molecular complexity index is 543. The summed E-state index contributed by atoms with van der Waals surface area (Å²) in [6, 6.07) is 9.59. The lowest BCUT2D eigenvalue weighted by atomic mass is 9.95. The van der Waals surface area contributed by atoms with E-state index in [0.717, 1.165) is 12.5 Å². The Morgan fingerprint density at radius 2 is 1.64 bits per heavy atom. The standard InChI is InChI=1S/C21H34N4/c22-15-17-8-7-9-18(14-17)16-23-21(24-19-10-3-1-4-11-19)25-20-12-5-2-6-13-20/h7-9,14,19-20H,1-6,10-13,15-16,22H2,(H2,23,24,25). The van der Waals surface area contributed by atoms with Gasteiger partial charge in [0.25, 0.3) is 0 Å². The molecule has 4 nitrogen and oxygen atoms in total. The number of rotatable bonds is 5. The number of guanidine groups is 1. The predicted octanol–water partition coefficient (Wildman–Crippen LogP) is 3.85. The molecule has 0 radical (unpaired) electrons. The zero-order valence-electron chi connectivity index (χ0n) is 15.5. The van der Waals surface area contributed by atoms with Crippen LogP contribution in [0.2, 0.25) is 0 Å². The van der Waals surface area contributed by atoms with E-state index in [1.54, 1.807) is 0 Å². The summed E-state index contributed by atoms with van der Waals surface area (Å²) < 4.78 is 0. The molecule has 0 saturated heterocycles. The molecule has 0 spiro atoms. The third-order valence-corrected chi connectivity index (χ3v) is 5.52. The van der Waals surface area contributed by atoms with Gasteiger partial charge in [0.1, 0.15) is 0 Å². The number of hydrogen-bond donors (Lipinski definition) is 3. The van der Waals surface area contributed by atoms with Crippen LogP contribution in [-0.4, -0.2) is 18.0 Å². The molecular weight excluding hydrogens is 308 g/mol. The fourth-order valence-electron chi connectivity index (χ4n) is 4.02. The highest BCUT2D eigenvalue weighted by atomic mass is 15.2. The minimum Gasteiger partial charge on any atom is -0.354 e. The first-order valence-electron chi connectivity index (χ1n) is 10.2. The molecule has 4 N–H and O–H groups in total. The van der Waals surface area contributed by atoms with Crippen molar-refractivity contribution in [2.45, 2.75) is 89.4 Å². The molecule has 0 unspecified atom stereocenters. The lowest BCUT2D eigenvalue weighted by molar-refractivity contribution is 0.404. The molecule has 2 saturated carbocycles. The zero-order chi connectivity index (χ0) is 17.3. The molecule has 4 heteroatoms. The van der Waals surface area contributed by atoms with Crippen molar-refractivity contribution in [3.8, 4) is 0 Å². The van der Waals surface area contributed by atoms with Gasteiger partial charge in [0.15, 0.2) is 5.96 Å². The third-order valence-electron chi connectivity index (χ3n) is 5.52. The summed E-state index contributed by atoms with van der Waals surface area (Å²) >= 11 is 0. The summed E-state index contributed by atoms with van der Waals surface area (Å²) in [7, 11) is 0. The van der Waals surface area contributed by atoms with Crippen LogP contribution in [0.25, 0.3) is 0 Å². The number of nitrogens with zero attached hydrogens (tertiary/aromatic N) is 1. The van der Waals surface area contributed by atoms with E-state index in [4.69, 9.17) is 10.7 Å². The van der Waals surface area contributed by atoms with Crippen LogP contribution in [0.4, 0.5) is 0 Å². The lowest BCUT2D eigenvalue weighted by Gasteiger charge is -2.27. The monoisotopic (exact) mass is 342 g/mol. The maximum atomic E-state index is 5.77. The van der Waals surface area contributed by atoms with Crippen LogP contribution in [0.1, 0.15) is 75.3 Å². The quantitative estimate of drug-likeness (QED) is 0.563. The molecule has 0 bridgehead atoms. The fraction of sp³-hybridized carbons (Fsp3) is 0.667. The highest BCUT2D eigenvalue weighted by molar-refractivity contribution is 5.80. The average molecular weight is 343 g/mol. The van der Waals surface area contributed by atoms with E-state index in [-0.39, 0.29) is 0 Å². The van der Waals surface area contributed by atoms with Crippen molar-refractivity contribution in [2.24, 2.45) is 10.7 Å². The van der Waals surface area contributed by atoms with Gasteiger partial charge in [0.05, 0.1) is 6.04 Å². The van der Waals surface area contributed by atoms with Crippen LogP contribution >= 0.6 is 0 Å². The van der Waals surface area contributed by atoms with Gasteiger partial charge >= 0.3 is 0 Å². The van der Waals surface area contributed by atoms with Crippen molar-refractivity contribution in [2.75, 3.05) is 0 Å². The van der Waals surface area contributed by atoms with Crippen molar-refractivity contribution < 1.29 is 0 Å². The summed E-state index contributed by atoms with van der Waals surface area (Å²) in [5.41, 5.74) is 8.22. The maximum Gasteiger partial charge on any atom is 0.192 e. The van der Waals surface area contributed by atoms with Gasteiger partial charge in [-0.25, -0.2) is 4.99 Å². The van der Waals surface area contributed by atoms with Gasteiger partial charge in [-0.2, -0.15) is 0 Å². The van der Waals surface area contributed by atoms with Crippen LogP contribution in [0.15, 0.2) is 29.3 Å². The second-order valence-corrected chi connectivity index (χ2v) is 7.63. The molecule has 2 fully saturated rings. The lowest BCUT2D eigenvalue weighted by Crippen LogP contribution is -2.44. The van der Waals surface area contributed by atoms with Gasteiger partial charge in [-0.1, -0.05) is 62.8 Å². The normalized spacial score (nSPS) is 20.4. The van der Waals surface area contributed by atoms with E-state index in [2.05, 4.69) is 34.9 Å². The molecule has 1 aromatic carbocycles. The van der Waals surface area contributed by atoms with Gasteiger partial charge < -0.3 is 16.4 Å². The Kier molecular flexibility index (Phi) is 7.16. The summed E-state index contributed by atoms with van der Waals surface area (Å²) in [5.74, 6) is 1.01. The number of hydrogen-bond acceptors (Lipinski definition) is 2. The first kappa shape index (κ1) is 18.2. The van der Waals surface area contributed by atoms with Crippen LogP contribution < -0.4 is 16.4 Å². The zero-order valence-corrected chi connectivity index (χ0v) is 15.5. The minimum atomic E-state index is 0.489. The van der Waals surface area contributed by atoms with Gasteiger partial charge in [-0.3, -0.25) is 0 Å². The molecule has 25 heavy (non-hydrogen) atoms. The molecule has 0 atom stereocenters. The predicted molar refractivity (Wildman–Crippen MR) is 105 cm³/mol. The number of benzene rings is 1. The smallest absolute Gasteiger partial charge is 0.192 e. The number of nitrogens with two attached hydrogens (primary N) is 1. The van der Waals surface area contributed by atoms with E-state index in [1.807, 2.05) is 0 Å². The second-order valence-electron chi connectivity index (χ2n) is 7.63. The van der Waals surface area contributed by atoms with Gasteiger partial charge in [0.2, 0.25) is 0 Å². The summed E-state index contributed by atoms with van der Waals surface area (Å²) in [6.07, 6.45) is 13.1. The van der Waals surface area contributed by atoms with Crippen molar-refractivity contribution in [1.82, 2.24) is 10.6 Å². The molecular formula is C21H34N4. The summed E-state index contributed by atoms with van der Waals surface area (Å²) in [4.78, 5) is 5.06. The topological polar surface area (TPSA) is 62.4 Å². The molecule has 138 valence electrons. The van der Waals surface area contributed by atoms with Crippen molar-refractivity contribution >= 4 is 5.96 Å². The van der Waals surface area contributed by atoms with Crippen LogP contribution in [0.5, 0.6) is 0 Å². The molecule has 3 rings (SSSR count). The SMILES string of the molecule is NCc1cccc(CN/C(=N/C2CCCCC2)NC2CCCCC2)c1. The Morgan fingerprint density at radius 1 is 0.960 bits per heavy atom. The maximum absolute atomic E-state index is 5.77. The Labute approximate surface area is 152 Å². The number of aliphatic imine (C=N–C) groups is 1. The molecule has 0 aliphatic heterocycles. The Hall–Kier alpha value is -1.55. The van der Waals surface area contributed by atoms with Crippen LogP contribution in [0, 0.1) is 0 Å². The first-order valence-corrected chi connectivity index (χ1v) is 10.2. The van der Waals surface area contributed by atoms with Gasteiger partial charge in [-0.15, -0.1) is 0 Å². The van der Waals surface area contributed by atoms with E-state index in [0.29, 0.717) is 18.6 Å². The fourth-order valence-corrected chi connectivity index (χ4v) is 4.02. The largest absolute Gasteiger partial charge is 0.354 e. The Balaban J connectivity index is 1.62. The van der Waals surface area contributed by atoms with E-state index >= 15 is 0 Å². The van der Waals surface area contributed by atoms with Crippen molar-refractivity contribution in [1.29, 1.82) is 0 Å². The second kappa shape index (κ2) is 9.81. The van der Waals surface area contributed by atoms with Crippen LogP contribution in [-0.2, 0) is 13.1 Å². The van der Waals surface area contributed by atoms with E-state index in [1.165, 1.54) is 75.3 Å². The van der Waals surface area contributed by atoms with Gasteiger partial charge in [0, 0.05) is 19.1 Å². The summed E-state index contributed by atoms with van der Waals surface area (Å²) in [6.45, 7) is 1.40. The van der Waals surface area contributed by atoms with E-state index < -0.39 is 0 Å².